The third-order valence-electron chi connectivity index (χ3n) is 4.15. The molecule has 0 fully saturated rings. The monoisotopic (exact) mass is 290 g/mol. The van der Waals surface area contributed by atoms with Crippen molar-refractivity contribution >= 4 is 0 Å². The van der Waals surface area contributed by atoms with Gasteiger partial charge >= 0.3 is 0 Å². The van der Waals surface area contributed by atoms with E-state index >= 15 is 0 Å². The topological polar surface area (TPSA) is 15.3 Å². The molecular weight excluding hydrogens is 256 g/mol. The van der Waals surface area contributed by atoms with Gasteiger partial charge in [0.2, 0.25) is 0 Å². The molecule has 0 heterocycles. The summed E-state index contributed by atoms with van der Waals surface area (Å²) in [6.07, 6.45) is 3.60. The Labute approximate surface area is 131 Å². The number of hydrogen-bond acceptors (Lipinski definition) is 2. The van der Waals surface area contributed by atoms with Crippen LogP contribution in [0.5, 0.6) is 0 Å². The fourth-order valence-electron chi connectivity index (χ4n) is 2.87. The molecule has 1 atom stereocenters. The van der Waals surface area contributed by atoms with Crippen molar-refractivity contribution in [3.05, 3.63) is 35.4 Å². The zero-order chi connectivity index (χ0) is 15.7. The molecule has 0 amide bonds. The van der Waals surface area contributed by atoms with Crippen molar-refractivity contribution in [2.75, 3.05) is 19.6 Å². The molecule has 2 nitrogen and oxygen atoms in total. The fourth-order valence-corrected chi connectivity index (χ4v) is 2.87. The van der Waals surface area contributed by atoms with Crippen LogP contribution in [0, 0.1) is 6.92 Å². The standard InChI is InChI=1S/C19H34N2/c1-6-13-20-19(18-11-9-8-10-17(18)5)12-15-21(14-7-2)16(3)4/h8-11,16,19-20H,6-7,12-15H2,1-5H3. The van der Waals surface area contributed by atoms with Gasteiger partial charge in [0, 0.05) is 18.6 Å². The first-order valence-corrected chi connectivity index (χ1v) is 8.63. The van der Waals surface area contributed by atoms with Gasteiger partial charge < -0.3 is 10.2 Å². The first-order valence-electron chi connectivity index (χ1n) is 8.63. The summed E-state index contributed by atoms with van der Waals surface area (Å²) in [4.78, 5) is 2.60. The molecule has 120 valence electrons. The van der Waals surface area contributed by atoms with Crippen molar-refractivity contribution in [1.29, 1.82) is 0 Å². The Morgan fingerprint density at radius 3 is 2.33 bits per heavy atom. The number of aryl methyl sites for hydroxylation is 1. The van der Waals surface area contributed by atoms with Gasteiger partial charge in [-0.25, -0.2) is 0 Å². The highest BCUT2D eigenvalue weighted by Gasteiger charge is 2.15. The van der Waals surface area contributed by atoms with Gasteiger partial charge in [-0.1, -0.05) is 38.1 Å². The summed E-state index contributed by atoms with van der Waals surface area (Å²) in [5.74, 6) is 0. The van der Waals surface area contributed by atoms with E-state index in [-0.39, 0.29) is 0 Å². The SMILES string of the molecule is CCCNC(CCN(CCC)C(C)C)c1ccccc1C. The van der Waals surface area contributed by atoms with Gasteiger partial charge in [0.15, 0.2) is 0 Å². The molecule has 0 saturated heterocycles. The zero-order valence-corrected chi connectivity index (χ0v) is 14.7. The first kappa shape index (κ1) is 18.2. The molecule has 1 rings (SSSR count). The summed E-state index contributed by atoms with van der Waals surface area (Å²) in [6, 6.07) is 9.91. The number of rotatable bonds is 10. The number of hydrogen-bond donors (Lipinski definition) is 1. The minimum Gasteiger partial charge on any atom is -0.310 e. The van der Waals surface area contributed by atoms with E-state index in [1.807, 2.05) is 0 Å². The Balaban J connectivity index is 2.72. The molecule has 0 saturated carbocycles. The van der Waals surface area contributed by atoms with Crippen LogP contribution in [0.1, 0.15) is 64.1 Å². The first-order chi connectivity index (χ1) is 10.1. The summed E-state index contributed by atoms with van der Waals surface area (Å²) >= 11 is 0. The normalized spacial score (nSPS) is 13.1. The van der Waals surface area contributed by atoms with Crippen molar-refractivity contribution in [3.63, 3.8) is 0 Å². The second-order valence-electron chi connectivity index (χ2n) is 6.28. The maximum Gasteiger partial charge on any atom is 0.0335 e. The second kappa shape index (κ2) is 9.97. The highest BCUT2D eigenvalue weighted by molar-refractivity contribution is 5.28. The lowest BCUT2D eigenvalue weighted by Crippen LogP contribution is -2.35. The lowest BCUT2D eigenvalue weighted by Gasteiger charge is -2.29. The summed E-state index contributed by atoms with van der Waals surface area (Å²) in [6.45, 7) is 14.8. The molecule has 0 aliphatic rings. The third-order valence-corrected chi connectivity index (χ3v) is 4.15. The van der Waals surface area contributed by atoms with Crippen LogP contribution in [0.15, 0.2) is 24.3 Å². The highest BCUT2D eigenvalue weighted by atomic mass is 15.1. The van der Waals surface area contributed by atoms with E-state index in [4.69, 9.17) is 0 Å². The highest BCUT2D eigenvalue weighted by Crippen LogP contribution is 2.21. The van der Waals surface area contributed by atoms with Gasteiger partial charge in [-0.2, -0.15) is 0 Å². The number of nitrogens with one attached hydrogen (secondary N) is 1. The summed E-state index contributed by atoms with van der Waals surface area (Å²) < 4.78 is 0. The number of benzene rings is 1. The minimum atomic E-state index is 0.476. The molecule has 0 aliphatic heterocycles. The van der Waals surface area contributed by atoms with Crippen LogP contribution in [0.25, 0.3) is 0 Å². The Hall–Kier alpha value is -0.860. The molecule has 1 aromatic rings. The van der Waals surface area contributed by atoms with Gasteiger partial charge in [-0.15, -0.1) is 0 Å². The summed E-state index contributed by atoms with van der Waals surface area (Å²) in [5.41, 5.74) is 2.86. The smallest absolute Gasteiger partial charge is 0.0335 e. The average molecular weight is 290 g/mol. The van der Waals surface area contributed by atoms with Crippen LogP contribution in [0.3, 0.4) is 0 Å². The van der Waals surface area contributed by atoms with Crippen LogP contribution in [-0.4, -0.2) is 30.6 Å². The Morgan fingerprint density at radius 2 is 1.76 bits per heavy atom. The molecule has 1 aromatic carbocycles. The average Bonchev–Trinajstić information content (AvgIpc) is 2.47. The van der Waals surface area contributed by atoms with Crippen molar-refractivity contribution in [1.82, 2.24) is 10.2 Å². The van der Waals surface area contributed by atoms with E-state index in [9.17, 15) is 0 Å². The lowest BCUT2D eigenvalue weighted by atomic mass is 9.98. The Bertz CT molecular complexity index is 387. The van der Waals surface area contributed by atoms with E-state index in [0.29, 0.717) is 12.1 Å². The molecule has 0 radical (unpaired) electrons. The van der Waals surface area contributed by atoms with Crippen LogP contribution in [-0.2, 0) is 0 Å². The lowest BCUT2D eigenvalue weighted by molar-refractivity contribution is 0.209. The predicted octanol–water partition coefficient (Wildman–Crippen LogP) is 4.55. The van der Waals surface area contributed by atoms with E-state index < -0.39 is 0 Å². The molecule has 2 heteroatoms. The minimum absolute atomic E-state index is 0.476. The van der Waals surface area contributed by atoms with Gasteiger partial charge in [0.25, 0.3) is 0 Å². The molecule has 0 spiro atoms. The fraction of sp³-hybridized carbons (Fsp3) is 0.684. The summed E-state index contributed by atoms with van der Waals surface area (Å²) in [7, 11) is 0. The van der Waals surface area contributed by atoms with Gasteiger partial charge in [-0.05, 0) is 64.3 Å². The molecule has 21 heavy (non-hydrogen) atoms. The molecular formula is C19H34N2. The van der Waals surface area contributed by atoms with Crippen LogP contribution < -0.4 is 5.32 Å². The van der Waals surface area contributed by atoms with Crippen molar-refractivity contribution in [2.24, 2.45) is 0 Å². The van der Waals surface area contributed by atoms with Crippen molar-refractivity contribution in [3.8, 4) is 0 Å². The van der Waals surface area contributed by atoms with Gasteiger partial charge in [0.1, 0.15) is 0 Å². The summed E-state index contributed by atoms with van der Waals surface area (Å²) in [5, 5.41) is 3.74. The Kier molecular flexibility index (Phi) is 8.63. The number of nitrogens with zero attached hydrogens (tertiary/aromatic N) is 1. The van der Waals surface area contributed by atoms with Gasteiger partial charge in [-0.3, -0.25) is 0 Å². The van der Waals surface area contributed by atoms with Crippen LogP contribution in [0.2, 0.25) is 0 Å². The predicted molar refractivity (Wildman–Crippen MR) is 93.8 cm³/mol. The maximum absolute atomic E-state index is 3.74. The van der Waals surface area contributed by atoms with Crippen LogP contribution >= 0.6 is 0 Å². The quantitative estimate of drug-likeness (QED) is 0.680. The van der Waals surface area contributed by atoms with E-state index in [0.717, 1.165) is 6.54 Å². The Morgan fingerprint density at radius 1 is 1.05 bits per heavy atom. The third kappa shape index (κ3) is 6.19. The molecule has 0 aromatic heterocycles. The zero-order valence-electron chi connectivity index (χ0n) is 14.7. The maximum atomic E-state index is 3.74. The molecule has 1 N–H and O–H groups in total. The van der Waals surface area contributed by atoms with Crippen molar-refractivity contribution in [2.45, 2.75) is 66.0 Å². The van der Waals surface area contributed by atoms with E-state index in [1.165, 1.54) is 43.5 Å². The molecule has 0 bridgehead atoms. The molecule has 0 aliphatic carbocycles. The van der Waals surface area contributed by atoms with Crippen molar-refractivity contribution < 1.29 is 0 Å². The van der Waals surface area contributed by atoms with Crippen LogP contribution in [0.4, 0.5) is 0 Å². The molecule has 1 unspecified atom stereocenters. The van der Waals surface area contributed by atoms with E-state index in [2.05, 4.69) is 69.1 Å². The van der Waals surface area contributed by atoms with E-state index in [1.54, 1.807) is 0 Å². The second-order valence-corrected chi connectivity index (χ2v) is 6.28. The van der Waals surface area contributed by atoms with Gasteiger partial charge in [0.05, 0.1) is 0 Å². The largest absolute Gasteiger partial charge is 0.310 e.